The van der Waals surface area contributed by atoms with Gasteiger partial charge in [-0.3, -0.25) is 4.79 Å². The average molecular weight is 229 g/mol. The highest BCUT2D eigenvalue weighted by Crippen LogP contribution is 2.07. The van der Waals surface area contributed by atoms with E-state index >= 15 is 0 Å². The van der Waals surface area contributed by atoms with E-state index in [1.54, 1.807) is 20.2 Å². The molecule has 16 heavy (non-hydrogen) atoms. The van der Waals surface area contributed by atoms with Gasteiger partial charge in [-0.25, -0.2) is 13.8 Å². The van der Waals surface area contributed by atoms with E-state index in [1.165, 1.54) is 17.2 Å². The van der Waals surface area contributed by atoms with Crippen molar-refractivity contribution in [3.05, 3.63) is 23.9 Å². The van der Waals surface area contributed by atoms with Gasteiger partial charge >= 0.3 is 0 Å². The number of nitrogens with zero attached hydrogens (tertiary/aromatic N) is 2. The van der Waals surface area contributed by atoms with Crippen molar-refractivity contribution < 1.29 is 13.6 Å². The fourth-order valence-corrected chi connectivity index (χ4v) is 1.06. The maximum atomic E-state index is 11.9. The maximum absolute atomic E-state index is 11.9. The number of pyridine rings is 1. The Balaban J connectivity index is 2.64. The Morgan fingerprint density at radius 2 is 2.19 bits per heavy atom. The van der Waals surface area contributed by atoms with Gasteiger partial charge in [-0.2, -0.15) is 0 Å². The highest BCUT2D eigenvalue weighted by molar-refractivity contribution is 5.93. The predicted molar refractivity (Wildman–Crippen MR) is 56.7 cm³/mol. The molecule has 0 saturated carbocycles. The average Bonchev–Trinajstić information content (AvgIpc) is 2.26. The van der Waals surface area contributed by atoms with Gasteiger partial charge < -0.3 is 10.2 Å². The van der Waals surface area contributed by atoms with E-state index in [0.717, 1.165) is 0 Å². The molecule has 4 nitrogen and oxygen atoms in total. The van der Waals surface area contributed by atoms with Crippen molar-refractivity contribution >= 4 is 11.7 Å². The van der Waals surface area contributed by atoms with Crippen molar-refractivity contribution in [3.63, 3.8) is 0 Å². The lowest BCUT2D eigenvalue weighted by Gasteiger charge is -2.10. The smallest absolute Gasteiger partial charge is 0.255 e. The molecule has 0 spiro atoms. The molecule has 0 unspecified atom stereocenters. The van der Waals surface area contributed by atoms with E-state index in [1.807, 2.05) is 0 Å². The molecule has 0 radical (unpaired) electrons. The van der Waals surface area contributed by atoms with Gasteiger partial charge in [-0.05, 0) is 12.1 Å². The summed E-state index contributed by atoms with van der Waals surface area (Å²) in [5, 5.41) is 2.45. The van der Waals surface area contributed by atoms with E-state index in [0.29, 0.717) is 11.4 Å². The molecule has 0 fully saturated rings. The summed E-state index contributed by atoms with van der Waals surface area (Å²) in [5.41, 5.74) is 0.424. The van der Waals surface area contributed by atoms with Gasteiger partial charge in [0.2, 0.25) is 0 Å². The minimum atomic E-state index is -2.43. The Morgan fingerprint density at radius 1 is 1.50 bits per heavy atom. The first-order valence-electron chi connectivity index (χ1n) is 4.70. The van der Waals surface area contributed by atoms with Crippen molar-refractivity contribution in [2.24, 2.45) is 0 Å². The number of rotatable bonds is 4. The molecular weight excluding hydrogens is 216 g/mol. The number of aromatic nitrogens is 1. The first-order valence-corrected chi connectivity index (χ1v) is 4.70. The van der Waals surface area contributed by atoms with Gasteiger partial charge in [0.25, 0.3) is 12.3 Å². The van der Waals surface area contributed by atoms with E-state index in [-0.39, 0.29) is 5.91 Å². The first kappa shape index (κ1) is 12.4. The largest absolute Gasteiger partial charge is 0.364 e. The second-order valence-corrected chi connectivity index (χ2v) is 3.40. The molecule has 1 aromatic rings. The van der Waals surface area contributed by atoms with Gasteiger partial charge in [0, 0.05) is 20.3 Å². The quantitative estimate of drug-likeness (QED) is 0.850. The second kappa shape index (κ2) is 5.39. The highest BCUT2D eigenvalue weighted by Gasteiger charge is 2.08. The zero-order valence-corrected chi connectivity index (χ0v) is 9.08. The number of anilines is 1. The number of hydrogen-bond acceptors (Lipinski definition) is 3. The summed E-state index contributed by atoms with van der Waals surface area (Å²) >= 11 is 0. The van der Waals surface area contributed by atoms with E-state index in [2.05, 4.69) is 10.3 Å². The fraction of sp³-hybridized carbons (Fsp3) is 0.400. The maximum Gasteiger partial charge on any atom is 0.255 e. The third-order valence-corrected chi connectivity index (χ3v) is 1.85. The minimum Gasteiger partial charge on any atom is -0.364 e. The molecule has 0 atom stereocenters. The summed E-state index contributed by atoms with van der Waals surface area (Å²) < 4.78 is 23.8. The fourth-order valence-electron chi connectivity index (χ4n) is 1.06. The molecule has 1 aromatic heterocycles. The standard InChI is InChI=1S/C10H13F2N3O/c1-15(2)10(16)7-3-4-9(13-5-7)14-6-8(11)12/h3-5,8H,6H2,1-2H3,(H,13,14). The molecule has 1 rings (SSSR count). The van der Waals surface area contributed by atoms with Crippen molar-refractivity contribution in [3.8, 4) is 0 Å². The topological polar surface area (TPSA) is 45.2 Å². The van der Waals surface area contributed by atoms with Crippen molar-refractivity contribution in [2.75, 3.05) is 26.0 Å². The van der Waals surface area contributed by atoms with E-state index in [9.17, 15) is 13.6 Å². The summed E-state index contributed by atoms with van der Waals surface area (Å²) in [6, 6.07) is 3.04. The van der Waals surface area contributed by atoms with Crippen molar-refractivity contribution in [1.29, 1.82) is 0 Å². The SMILES string of the molecule is CN(C)C(=O)c1ccc(NCC(F)F)nc1. The molecule has 1 N–H and O–H groups in total. The number of nitrogens with one attached hydrogen (secondary N) is 1. The second-order valence-electron chi connectivity index (χ2n) is 3.40. The van der Waals surface area contributed by atoms with Gasteiger partial charge in [0.1, 0.15) is 5.82 Å². The zero-order valence-electron chi connectivity index (χ0n) is 9.08. The number of carbonyl (C=O) groups excluding carboxylic acids is 1. The Hall–Kier alpha value is -1.72. The van der Waals surface area contributed by atoms with Crippen LogP contribution in [0.25, 0.3) is 0 Å². The molecule has 1 heterocycles. The number of carbonyl (C=O) groups is 1. The van der Waals surface area contributed by atoms with Crippen LogP contribution in [-0.2, 0) is 0 Å². The van der Waals surface area contributed by atoms with Crippen LogP contribution >= 0.6 is 0 Å². The molecule has 6 heteroatoms. The lowest BCUT2D eigenvalue weighted by atomic mass is 10.2. The monoisotopic (exact) mass is 229 g/mol. The lowest BCUT2D eigenvalue weighted by molar-refractivity contribution is 0.0827. The minimum absolute atomic E-state index is 0.173. The Labute approximate surface area is 92.3 Å². The van der Waals surface area contributed by atoms with Crippen LogP contribution in [0, 0.1) is 0 Å². The van der Waals surface area contributed by atoms with E-state index in [4.69, 9.17) is 0 Å². The highest BCUT2D eigenvalue weighted by atomic mass is 19.3. The number of alkyl halides is 2. The van der Waals surface area contributed by atoms with Crippen LogP contribution in [0.2, 0.25) is 0 Å². The van der Waals surface area contributed by atoms with Crippen LogP contribution in [-0.4, -0.2) is 42.9 Å². The summed E-state index contributed by atoms with van der Waals surface area (Å²) in [5.74, 6) is 0.156. The van der Waals surface area contributed by atoms with Crippen LogP contribution in [0.3, 0.4) is 0 Å². The predicted octanol–water partition coefficient (Wildman–Crippen LogP) is 1.46. The summed E-state index contributed by atoms with van der Waals surface area (Å²) in [4.78, 5) is 16.7. The third kappa shape index (κ3) is 3.45. The Bertz CT molecular complexity index is 352. The molecule has 0 aliphatic carbocycles. The number of amides is 1. The number of halogens is 2. The number of hydrogen-bond donors (Lipinski definition) is 1. The van der Waals surface area contributed by atoms with E-state index < -0.39 is 13.0 Å². The molecule has 88 valence electrons. The summed E-state index contributed by atoms with van der Waals surface area (Å²) in [7, 11) is 3.26. The Kier molecular flexibility index (Phi) is 4.16. The van der Waals surface area contributed by atoms with Crippen LogP contribution in [0.4, 0.5) is 14.6 Å². The summed E-state index contributed by atoms with van der Waals surface area (Å²) in [6.07, 6.45) is -1.07. The van der Waals surface area contributed by atoms with Crippen molar-refractivity contribution in [1.82, 2.24) is 9.88 Å². The molecule has 0 aliphatic heterocycles. The summed E-state index contributed by atoms with van der Waals surface area (Å²) in [6.45, 7) is -0.450. The van der Waals surface area contributed by atoms with Gasteiger partial charge in [0.05, 0.1) is 12.1 Å². The lowest BCUT2D eigenvalue weighted by Crippen LogP contribution is -2.21. The van der Waals surface area contributed by atoms with Gasteiger partial charge in [-0.1, -0.05) is 0 Å². The Morgan fingerprint density at radius 3 is 2.62 bits per heavy atom. The zero-order chi connectivity index (χ0) is 12.1. The van der Waals surface area contributed by atoms with Crippen LogP contribution in [0.1, 0.15) is 10.4 Å². The molecule has 0 bridgehead atoms. The first-order chi connectivity index (χ1) is 7.50. The molecule has 1 amide bonds. The van der Waals surface area contributed by atoms with Crippen LogP contribution < -0.4 is 5.32 Å². The van der Waals surface area contributed by atoms with Crippen LogP contribution in [0.5, 0.6) is 0 Å². The van der Waals surface area contributed by atoms with Crippen molar-refractivity contribution in [2.45, 2.75) is 6.43 Å². The normalized spacial score (nSPS) is 10.3. The molecule has 0 saturated heterocycles. The van der Waals surface area contributed by atoms with Gasteiger partial charge in [-0.15, -0.1) is 0 Å². The molecular formula is C10H13F2N3O. The third-order valence-electron chi connectivity index (χ3n) is 1.85. The van der Waals surface area contributed by atoms with Crippen LogP contribution in [0.15, 0.2) is 18.3 Å². The molecule has 0 aromatic carbocycles. The van der Waals surface area contributed by atoms with Gasteiger partial charge in [0.15, 0.2) is 0 Å². The molecule has 0 aliphatic rings.